The van der Waals surface area contributed by atoms with Crippen molar-refractivity contribution in [3.8, 4) is 0 Å². The van der Waals surface area contributed by atoms with E-state index < -0.39 is 28.8 Å². The SMILES string of the molecule is CCC1(N2CCC(c3ccccc3)(c3nnc(N)o3)CC2)C(c2ccc(F)c(F)c2)OCCN1C(=O)c1ccccc1.Cl.Cl. The Morgan fingerprint density at radius 3 is 2.18 bits per heavy atom. The number of morpholine rings is 1. The Labute approximate surface area is 267 Å². The number of carbonyl (C=O) groups is 1. The third kappa shape index (κ3) is 5.67. The second-order valence-electron chi connectivity index (χ2n) is 10.9. The average molecular weight is 647 g/mol. The molecule has 0 radical (unpaired) electrons. The Morgan fingerprint density at radius 2 is 1.59 bits per heavy atom. The number of benzene rings is 3. The normalized spacial score (nSPS) is 21.6. The van der Waals surface area contributed by atoms with Gasteiger partial charge in [0.25, 0.3) is 5.91 Å². The van der Waals surface area contributed by atoms with Crippen molar-refractivity contribution in [2.24, 2.45) is 0 Å². The lowest BCUT2D eigenvalue weighted by Crippen LogP contribution is -2.70. The monoisotopic (exact) mass is 645 g/mol. The highest BCUT2D eigenvalue weighted by Gasteiger charge is 2.56. The number of rotatable bonds is 6. The summed E-state index contributed by atoms with van der Waals surface area (Å²) < 4.78 is 40.8. The van der Waals surface area contributed by atoms with Gasteiger partial charge < -0.3 is 19.8 Å². The summed E-state index contributed by atoms with van der Waals surface area (Å²) >= 11 is 0. The van der Waals surface area contributed by atoms with Gasteiger partial charge in [0, 0.05) is 25.2 Å². The Bertz CT molecular complexity index is 1550. The van der Waals surface area contributed by atoms with E-state index in [0.717, 1.165) is 11.6 Å². The van der Waals surface area contributed by atoms with E-state index in [-0.39, 0.29) is 43.3 Å². The fourth-order valence-electron chi connectivity index (χ4n) is 6.81. The van der Waals surface area contributed by atoms with Gasteiger partial charge in [-0.1, -0.05) is 66.6 Å². The molecule has 2 fully saturated rings. The van der Waals surface area contributed by atoms with E-state index in [4.69, 9.17) is 14.9 Å². The van der Waals surface area contributed by atoms with Crippen LogP contribution in [-0.4, -0.2) is 57.8 Å². The number of ether oxygens (including phenoxy) is 1. The maximum atomic E-state index is 14.6. The van der Waals surface area contributed by atoms with Crippen LogP contribution in [0.2, 0.25) is 0 Å². The van der Waals surface area contributed by atoms with E-state index in [2.05, 4.69) is 15.1 Å². The quantitative estimate of drug-likeness (QED) is 0.268. The van der Waals surface area contributed by atoms with Gasteiger partial charge in [-0.2, -0.15) is 0 Å². The van der Waals surface area contributed by atoms with Crippen LogP contribution in [0.15, 0.2) is 83.3 Å². The van der Waals surface area contributed by atoms with E-state index in [1.165, 1.54) is 6.07 Å². The lowest BCUT2D eigenvalue weighted by atomic mass is 9.71. The molecular weight excluding hydrogens is 611 g/mol. The highest BCUT2D eigenvalue weighted by Crippen LogP contribution is 2.48. The molecule has 1 aromatic heterocycles. The summed E-state index contributed by atoms with van der Waals surface area (Å²) in [5, 5.41) is 8.25. The number of piperidine rings is 1. The Balaban J connectivity index is 0.00000221. The Morgan fingerprint density at radius 1 is 0.932 bits per heavy atom. The third-order valence-electron chi connectivity index (χ3n) is 8.86. The second-order valence-corrected chi connectivity index (χ2v) is 10.9. The van der Waals surface area contributed by atoms with Gasteiger partial charge in [0.2, 0.25) is 5.89 Å². The summed E-state index contributed by atoms with van der Waals surface area (Å²) in [5.74, 6) is -1.58. The van der Waals surface area contributed by atoms with E-state index >= 15 is 0 Å². The molecule has 0 saturated carbocycles. The first-order chi connectivity index (χ1) is 20.4. The molecule has 3 aromatic carbocycles. The van der Waals surface area contributed by atoms with E-state index in [1.807, 2.05) is 60.4 Å². The first-order valence-corrected chi connectivity index (χ1v) is 14.2. The Hall–Kier alpha value is -3.57. The van der Waals surface area contributed by atoms with Gasteiger partial charge in [-0.3, -0.25) is 9.69 Å². The first kappa shape index (κ1) is 33.3. The molecule has 3 heterocycles. The van der Waals surface area contributed by atoms with Crippen molar-refractivity contribution in [1.29, 1.82) is 0 Å². The van der Waals surface area contributed by atoms with Gasteiger partial charge in [-0.05, 0) is 54.7 Å². The van der Waals surface area contributed by atoms with Crippen LogP contribution in [0.3, 0.4) is 0 Å². The number of hydrogen-bond donors (Lipinski definition) is 1. The van der Waals surface area contributed by atoms with Crippen molar-refractivity contribution in [1.82, 2.24) is 20.0 Å². The van der Waals surface area contributed by atoms with Crippen LogP contribution >= 0.6 is 24.8 Å². The maximum Gasteiger partial charge on any atom is 0.312 e. The van der Waals surface area contributed by atoms with E-state index in [9.17, 15) is 13.6 Å². The topological polar surface area (TPSA) is 97.7 Å². The molecule has 2 aliphatic rings. The molecule has 2 saturated heterocycles. The molecule has 1 amide bonds. The number of halogens is 4. The minimum absolute atomic E-state index is 0. The zero-order chi connectivity index (χ0) is 29.3. The van der Waals surface area contributed by atoms with Crippen molar-refractivity contribution in [3.05, 3.63) is 113 Å². The summed E-state index contributed by atoms with van der Waals surface area (Å²) in [4.78, 5) is 18.3. The second kappa shape index (κ2) is 13.6. The molecule has 2 aliphatic heterocycles. The van der Waals surface area contributed by atoms with Crippen LogP contribution < -0.4 is 5.73 Å². The molecule has 12 heteroatoms. The van der Waals surface area contributed by atoms with Crippen molar-refractivity contribution in [2.75, 3.05) is 32.0 Å². The molecule has 6 rings (SSSR count). The lowest BCUT2D eigenvalue weighted by molar-refractivity contribution is -0.192. The molecule has 2 atom stereocenters. The average Bonchev–Trinajstić information content (AvgIpc) is 3.49. The van der Waals surface area contributed by atoms with E-state index in [0.29, 0.717) is 55.9 Å². The fourth-order valence-corrected chi connectivity index (χ4v) is 6.81. The highest BCUT2D eigenvalue weighted by molar-refractivity contribution is 5.94. The summed E-state index contributed by atoms with van der Waals surface area (Å²) in [6, 6.07) is 23.0. The highest BCUT2D eigenvalue weighted by atomic mass is 35.5. The summed E-state index contributed by atoms with van der Waals surface area (Å²) in [6.45, 7) is 3.68. The number of anilines is 1. The number of nitrogens with two attached hydrogens (primary N) is 1. The number of nitrogens with zero attached hydrogens (tertiary/aromatic N) is 4. The number of aromatic nitrogens is 2. The third-order valence-corrected chi connectivity index (χ3v) is 8.86. The van der Waals surface area contributed by atoms with Gasteiger partial charge in [0.15, 0.2) is 11.6 Å². The smallest absolute Gasteiger partial charge is 0.312 e. The van der Waals surface area contributed by atoms with Gasteiger partial charge in [-0.15, -0.1) is 29.9 Å². The maximum absolute atomic E-state index is 14.6. The standard InChI is InChI=1S/C32H33F2N5O3.2ClH/c1-2-32(38-17-15-31(16-18-38,24-11-7-4-8-12-24)29-36-37-30(35)42-29)27(23-13-14-25(33)26(34)21-23)41-20-19-39(32)28(40)22-9-5-3-6-10-22;;/h3-14,21,27H,2,15-20H2,1H3,(H2,35,37);2*1H. The number of amides is 1. The van der Waals surface area contributed by atoms with Crippen LogP contribution in [0.5, 0.6) is 0 Å². The molecule has 2 N–H and O–H groups in total. The van der Waals surface area contributed by atoms with Crippen LogP contribution in [0.1, 0.15) is 59.7 Å². The molecule has 0 bridgehead atoms. The van der Waals surface area contributed by atoms with Crippen LogP contribution in [0.25, 0.3) is 0 Å². The summed E-state index contributed by atoms with van der Waals surface area (Å²) in [7, 11) is 0. The molecule has 2 unspecified atom stereocenters. The minimum Gasteiger partial charge on any atom is -0.407 e. The van der Waals surface area contributed by atoms with Crippen molar-refractivity contribution < 1.29 is 22.7 Å². The van der Waals surface area contributed by atoms with Gasteiger partial charge in [0.1, 0.15) is 11.8 Å². The summed E-state index contributed by atoms with van der Waals surface area (Å²) in [5.41, 5.74) is 6.35. The molecule has 0 spiro atoms. The van der Waals surface area contributed by atoms with Gasteiger partial charge in [0.05, 0.1) is 12.0 Å². The number of hydrogen-bond acceptors (Lipinski definition) is 7. The van der Waals surface area contributed by atoms with Crippen molar-refractivity contribution >= 4 is 36.7 Å². The van der Waals surface area contributed by atoms with Crippen LogP contribution in [0.4, 0.5) is 14.8 Å². The Kier molecular flexibility index (Phi) is 10.3. The molecule has 44 heavy (non-hydrogen) atoms. The zero-order valence-electron chi connectivity index (χ0n) is 24.2. The van der Waals surface area contributed by atoms with Crippen molar-refractivity contribution in [2.45, 2.75) is 43.4 Å². The molecule has 234 valence electrons. The largest absolute Gasteiger partial charge is 0.407 e. The lowest BCUT2D eigenvalue weighted by Gasteiger charge is -2.59. The predicted octanol–water partition coefficient (Wildman–Crippen LogP) is 6.18. The van der Waals surface area contributed by atoms with Crippen LogP contribution in [0, 0.1) is 11.6 Å². The number of likely N-dealkylation sites (tertiary alicyclic amines) is 1. The fraction of sp³-hybridized carbons (Fsp3) is 0.344. The molecule has 8 nitrogen and oxygen atoms in total. The summed E-state index contributed by atoms with van der Waals surface area (Å²) in [6.07, 6.45) is 0.958. The molecule has 4 aromatic rings. The number of nitrogen functional groups attached to an aromatic ring is 1. The molecular formula is C32H35Cl2F2N5O3. The number of carbonyl (C=O) groups excluding carboxylic acids is 1. The van der Waals surface area contributed by atoms with Gasteiger partial charge >= 0.3 is 6.01 Å². The predicted molar refractivity (Wildman–Crippen MR) is 167 cm³/mol. The van der Waals surface area contributed by atoms with Gasteiger partial charge in [-0.25, -0.2) is 8.78 Å². The zero-order valence-corrected chi connectivity index (χ0v) is 25.8. The van der Waals surface area contributed by atoms with Crippen LogP contribution in [-0.2, 0) is 10.2 Å². The van der Waals surface area contributed by atoms with E-state index in [1.54, 1.807) is 18.2 Å². The minimum atomic E-state index is -0.980. The first-order valence-electron chi connectivity index (χ1n) is 14.2. The van der Waals surface area contributed by atoms with Crippen molar-refractivity contribution in [3.63, 3.8) is 0 Å². The molecule has 0 aliphatic carbocycles.